The molecule has 0 aromatic rings. The van der Waals surface area contributed by atoms with E-state index < -0.39 is 14.2 Å². The molecule has 0 aliphatic heterocycles. The van der Waals surface area contributed by atoms with Gasteiger partial charge >= 0.3 is 0 Å². The van der Waals surface area contributed by atoms with E-state index in [2.05, 4.69) is 26.2 Å². The van der Waals surface area contributed by atoms with Gasteiger partial charge in [0.2, 0.25) is 0 Å². The van der Waals surface area contributed by atoms with E-state index in [1.54, 1.807) is 6.08 Å². The summed E-state index contributed by atoms with van der Waals surface area (Å²) in [6.07, 6.45) is 2.20. The Kier molecular flexibility index (Phi) is 5.18. The van der Waals surface area contributed by atoms with Gasteiger partial charge in [-0.05, 0) is 12.5 Å². The van der Waals surface area contributed by atoms with Crippen molar-refractivity contribution in [3.8, 4) is 0 Å². The summed E-state index contributed by atoms with van der Waals surface area (Å²) in [5.74, 6) is 0.201. The second kappa shape index (κ2) is 5.96. The third-order valence-corrected chi connectivity index (χ3v) is 4.69. The Labute approximate surface area is 99.5 Å². The molecular formula is C12H24O3Si. The van der Waals surface area contributed by atoms with E-state index in [0.717, 1.165) is 19.1 Å². The van der Waals surface area contributed by atoms with Crippen LogP contribution in [0.15, 0.2) is 12.7 Å². The summed E-state index contributed by atoms with van der Waals surface area (Å²) >= 11 is 0. The summed E-state index contributed by atoms with van der Waals surface area (Å²) in [4.78, 5) is 0. The topological polar surface area (TPSA) is 38.7 Å². The van der Waals surface area contributed by atoms with Gasteiger partial charge in [-0.15, -0.1) is 6.58 Å². The lowest BCUT2D eigenvalue weighted by molar-refractivity contribution is -0.173. The third kappa shape index (κ3) is 4.37. The lowest BCUT2D eigenvalue weighted by atomic mass is 9.79. The van der Waals surface area contributed by atoms with Crippen molar-refractivity contribution in [2.45, 2.75) is 44.3 Å². The molecule has 16 heavy (non-hydrogen) atoms. The van der Waals surface area contributed by atoms with Gasteiger partial charge in [0.1, 0.15) is 6.79 Å². The van der Waals surface area contributed by atoms with Crippen LogP contribution >= 0.6 is 0 Å². The summed E-state index contributed by atoms with van der Waals surface area (Å²) in [5.41, 5.74) is 0. The van der Waals surface area contributed by atoms with E-state index in [-0.39, 0.29) is 12.0 Å². The second-order valence-corrected chi connectivity index (χ2v) is 11.3. The average molecular weight is 244 g/mol. The Morgan fingerprint density at radius 2 is 2.12 bits per heavy atom. The number of ether oxygens (including phenoxy) is 2. The molecule has 0 aromatic heterocycles. The van der Waals surface area contributed by atoms with Crippen LogP contribution in [0.5, 0.6) is 0 Å². The molecule has 1 unspecified atom stereocenters. The largest absolute Gasteiger partial charge is 0.390 e. The van der Waals surface area contributed by atoms with Crippen molar-refractivity contribution in [2.24, 2.45) is 5.92 Å². The van der Waals surface area contributed by atoms with Crippen LogP contribution in [0.1, 0.15) is 6.42 Å². The molecule has 4 heteroatoms. The molecule has 1 N–H and O–H groups in total. The molecule has 1 fully saturated rings. The van der Waals surface area contributed by atoms with Gasteiger partial charge in [0, 0.05) is 20.6 Å². The molecule has 0 amide bonds. The molecule has 0 bridgehead atoms. The smallest absolute Gasteiger partial charge is 0.147 e. The van der Waals surface area contributed by atoms with Crippen molar-refractivity contribution in [3.63, 3.8) is 0 Å². The van der Waals surface area contributed by atoms with Gasteiger partial charge in [-0.3, -0.25) is 0 Å². The maximum atomic E-state index is 9.61. The molecule has 1 aliphatic rings. The van der Waals surface area contributed by atoms with Crippen LogP contribution in [0, 0.1) is 5.92 Å². The zero-order valence-corrected chi connectivity index (χ0v) is 11.6. The fourth-order valence-corrected chi connectivity index (χ4v) is 2.36. The van der Waals surface area contributed by atoms with Crippen LogP contribution in [-0.2, 0) is 9.47 Å². The quantitative estimate of drug-likeness (QED) is 0.323. The third-order valence-electron chi connectivity index (χ3n) is 2.99. The highest BCUT2D eigenvalue weighted by Crippen LogP contribution is 2.31. The predicted molar refractivity (Wildman–Crippen MR) is 68.2 cm³/mol. The summed E-state index contributed by atoms with van der Waals surface area (Å²) in [6, 6.07) is 1.15. The summed E-state index contributed by atoms with van der Waals surface area (Å²) < 4.78 is 10.8. The first kappa shape index (κ1) is 13.9. The molecule has 1 rings (SSSR count). The highest BCUT2D eigenvalue weighted by molar-refractivity contribution is 6.76. The molecule has 0 spiro atoms. The van der Waals surface area contributed by atoms with Crippen molar-refractivity contribution >= 4 is 8.07 Å². The van der Waals surface area contributed by atoms with Crippen LogP contribution in [0.4, 0.5) is 0 Å². The van der Waals surface area contributed by atoms with E-state index in [9.17, 15) is 5.11 Å². The lowest BCUT2D eigenvalue weighted by Crippen LogP contribution is -2.47. The number of aliphatic hydroxyl groups excluding tert-OH is 1. The predicted octanol–water partition coefficient (Wildman–Crippen LogP) is 2.25. The Bertz CT molecular complexity index is 225. The van der Waals surface area contributed by atoms with Crippen LogP contribution in [-0.4, -0.2) is 38.8 Å². The van der Waals surface area contributed by atoms with Crippen LogP contribution in [0.2, 0.25) is 25.7 Å². The van der Waals surface area contributed by atoms with Gasteiger partial charge in [-0.1, -0.05) is 25.7 Å². The summed E-state index contributed by atoms with van der Waals surface area (Å²) in [7, 11) is -1.00. The SMILES string of the molecule is C=C[C@@H]1C[C@@H](OCOCC[Si](C)(C)C)C1O. The van der Waals surface area contributed by atoms with Gasteiger partial charge in [-0.25, -0.2) is 0 Å². The fraction of sp³-hybridized carbons (Fsp3) is 0.833. The number of aliphatic hydroxyl groups is 1. The van der Waals surface area contributed by atoms with Gasteiger partial charge in [0.25, 0.3) is 0 Å². The molecule has 3 atom stereocenters. The Morgan fingerprint density at radius 1 is 1.44 bits per heavy atom. The standard InChI is InChI=1S/C12H24O3Si/c1-5-10-8-11(12(10)13)15-9-14-6-7-16(2,3)4/h5,10-13H,1,6-9H2,2-4H3/t10-,11-,12?/m1/s1. The molecule has 3 nitrogen and oxygen atoms in total. The monoisotopic (exact) mass is 244 g/mol. The Balaban J connectivity index is 1.99. The highest BCUT2D eigenvalue weighted by Gasteiger charge is 2.38. The molecule has 0 radical (unpaired) electrons. The highest BCUT2D eigenvalue weighted by atomic mass is 28.3. The van der Waals surface area contributed by atoms with Gasteiger partial charge < -0.3 is 14.6 Å². The van der Waals surface area contributed by atoms with Gasteiger partial charge in [0.05, 0.1) is 12.2 Å². The van der Waals surface area contributed by atoms with E-state index >= 15 is 0 Å². The molecule has 0 saturated heterocycles. The Hall–Kier alpha value is -0.163. The molecule has 1 saturated carbocycles. The zero-order chi connectivity index (χ0) is 12.2. The van der Waals surface area contributed by atoms with Crippen LogP contribution in [0.25, 0.3) is 0 Å². The van der Waals surface area contributed by atoms with Crippen LogP contribution in [0.3, 0.4) is 0 Å². The minimum Gasteiger partial charge on any atom is -0.390 e. The lowest BCUT2D eigenvalue weighted by Gasteiger charge is -2.38. The Morgan fingerprint density at radius 3 is 2.62 bits per heavy atom. The van der Waals surface area contributed by atoms with Crippen molar-refractivity contribution in [1.29, 1.82) is 0 Å². The van der Waals surface area contributed by atoms with Gasteiger partial charge in [-0.2, -0.15) is 0 Å². The van der Waals surface area contributed by atoms with Crippen LogP contribution < -0.4 is 0 Å². The zero-order valence-electron chi connectivity index (χ0n) is 10.6. The second-order valence-electron chi connectivity index (χ2n) is 5.67. The first-order chi connectivity index (χ1) is 7.44. The molecule has 1 aliphatic carbocycles. The number of rotatable bonds is 7. The normalized spacial score (nSPS) is 29.9. The van der Waals surface area contributed by atoms with E-state index in [4.69, 9.17) is 9.47 Å². The van der Waals surface area contributed by atoms with E-state index in [0.29, 0.717) is 6.79 Å². The molecular weight excluding hydrogens is 220 g/mol. The average Bonchev–Trinajstić information content (AvgIpc) is 2.19. The van der Waals surface area contributed by atoms with Crippen molar-refractivity contribution in [3.05, 3.63) is 12.7 Å². The molecule has 94 valence electrons. The summed E-state index contributed by atoms with van der Waals surface area (Å²) in [5, 5.41) is 9.61. The van der Waals surface area contributed by atoms with Gasteiger partial charge in [0.15, 0.2) is 0 Å². The molecule has 0 heterocycles. The minimum atomic E-state index is -1.00. The van der Waals surface area contributed by atoms with Crippen molar-refractivity contribution < 1.29 is 14.6 Å². The number of hydrogen-bond donors (Lipinski definition) is 1. The minimum absolute atomic E-state index is 0.0603. The molecule has 0 aromatic carbocycles. The van der Waals surface area contributed by atoms with Crippen molar-refractivity contribution in [2.75, 3.05) is 13.4 Å². The van der Waals surface area contributed by atoms with Crippen molar-refractivity contribution in [1.82, 2.24) is 0 Å². The first-order valence-corrected chi connectivity index (χ1v) is 9.65. The number of hydrogen-bond acceptors (Lipinski definition) is 3. The van der Waals surface area contributed by atoms with E-state index in [1.807, 2.05) is 0 Å². The maximum Gasteiger partial charge on any atom is 0.147 e. The van der Waals surface area contributed by atoms with E-state index in [1.165, 1.54) is 0 Å². The fourth-order valence-electron chi connectivity index (χ4n) is 1.60. The first-order valence-electron chi connectivity index (χ1n) is 5.94. The summed E-state index contributed by atoms with van der Waals surface area (Å²) in [6.45, 7) is 11.7. The maximum absolute atomic E-state index is 9.61.